The number of ether oxygens (including phenoxy) is 1. The van der Waals surface area contributed by atoms with E-state index in [0.717, 1.165) is 49.7 Å². The van der Waals surface area contributed by atoms with Crippen molar-refractivity contribution in [1.29, 1.82) is 0 Å². The maximum atomic E-state index is 14.7. The topological polar surface area (TPSA) is 75.7 Å². The summed E-state index contributed by atoms with van der Waals surface area (Å²) in [4.78, 5) is 14.4. The number of nitrogens with zero attached hydrogens (tertiary/aromatic N) is 1. The van der Waals surface area contributed by atoms with Crippen LogP contribution in [-0.4, -0.2) is 39.8 Å². The van der Waals surface area contributed by atoms with E-state index in [1.807, 2.05) is 16.9 Å². The monoisotopic (exact) mass is 500 g/mol. The van der Waals surface area contributed by atoms with Crippen molar-refractivity contribution in [2.45, 2.75) is 37.7 Å². The summed E-state index contributed by atoms with van der Waals surface area (Å²) in [6.45, 7) is 1.41. The summed E-state index contributed by atoms with van der Waals surface area (Å²) in [6.07, 6.45) is 4.16. The van der Waals surface area contributed by atoms with Gasteiger partial charge in [0.1, 0.15) is 17.7 Å². The predicted octanol–water partition coefficient (Wildman–Crippen LogP) is 4.75. The van der Waals surface area contributed by atoms with Gasteiger partial charge in [-0.15, -0.1) is 0 Å². The summed E-state index contributed by atoms with van der Waals surface area (Å²) in [5, 5.41) is 1.10. The molecule has 2 fully saturated rings. The van der Waals surface area contributed by atoms with Crippen molar-refractivity contribution in [2.24, 2.45) is 0 Å². The second-order valence-corrected chi connectivity index (χ2v) is 10.9. The summed E-state index contributed by atoms with van der Waals surface area (Å²) in [7, 11) is -3.80. The van der Waals surface area contributed by atoms with Gasteiger partial charge in [0.15, 0.2) is 0 Å². The first-order chi connectivity index (χ1) is 15.1. The highest BCUT2D eigenvalue weighted by Crippen LogP contribution is 2.45. The van der Waals surface area contributed by atoms with Crippen LogP contribution in [0.4, 0.5) is 10.1 Å². The third-order valence-corrected chi connectivity index (χ3v) is 6.52. The van der Waals surface area contributed by atoms with E-state index in [1.54, 1.807) is 6.07 Å². The number of halogens is 3. The minimum atomic E-state index is -3.80. The van der Waals surface area contributed by atoms with Crippen LogP contribution in [-0.2, 0) is 10.0 Å². The van der Waals surface area contributed by atoms with Crippen molar-refractivity contribution in [1.82, 2.24) is 4.72 Å². The van der Waals surface area contributed by atoms with Crippen LogP contribution in [0.25, 0.3) is 0 Å². The molecule has 1 atom stereocenters. The minimum Gasteiger partial charge on any atom is -0.488 e. The molecule has 6 nitrogen and oxygen atoms in total. The standard InChI is InChI=1S/C22H23Cl2FN2O4S/c1-32(29,30)26-22(28)19-10-18(13-4-5-13)21(11-20(19)25)31-17-3-2-6-27(12-17)16-8-14(23)7-15(24)9-16/h7-11,13,17H,2-6,12H2,1H3,(H,26,28). The molecule has 1 saturated heterocycles. The largest absolute Gasteiger partial charge is 0.488 e. The number of piperidine rings is 1. The van der Waals surface area contributed by atoms with E-state index in [9.17, 15) is 17.6 Å². The molecule has 1 heterocycles. The van der Waals surface area contributed by atoms with Crippen LogP contribution >= 0.6 is 23.2 Å². The van der Waals surface area contributed by atoms with E-state index < -0.39 is 21.7 Å². The van der Waals surface area contributed by atoms with Gasteiger partial charge in [-0.3, -0.25) is 4.79 Å². The van der Waals surface area contributed by atoms with Crippen LogP contribution in [0.3, 0.4) is 0 Å². The number of carbonyl (C=O) groups excluding carboxylic acids is 1. The fourth-order valence-electron chi connectivity index (χ4n) is 3.95. The molecule has 172 valence electrons. The molecule has 2 aromatic rings. The van der Waals surface area contributed by atoms with E-state index >= 15 is 0 Å². The molecule has 0 aromatic heterocycles. The Bertz CT molecular complexity index is 1130. The van der Waals surface area contributed by atoms with Gasteiger partial charge in [-0.25, -0.2) is 17.5 Å². The normalized spacial score (nSPS) is 19.0. The molecule has 1 amide bonds. The highest BCUT2D eigenvalue weighted by molar-refractivity contribution is 7.89. The molecule has 10 heteroatoms. The van der Waals surface area contributed by atoms with Crippen LogP contribution in [0, 0.1) is 5.82 Å². The summed E-state index contributed by atoms with van der Waals surface area (Å²) >= 11 is 12.3. The number of nitrogens with one attached hydrogen (secondary N) is 1. The van der Waals surface area contributed by atoms with E-state index in [0.29, 0.717) is 22.3 Å². The molecule has 0 spiro atoms. The fraction of sp³-hybridized carbons (Fsp3) is 0.409. The summed E-state index contributed by atoms with van der Waals surface area (Å²) in [6, 6.07) is 7.98. The smallest absolute Gasteiger partial charge is 0.267 e. The third kappa shape index (κ3) is 5.66. The van der Waals surface area contributed by atoms with Gasteiger partial charge in [0.25, 0.3) is 5.91 Å². The zero-order valence-electron chi connectivity index (χ0n) is 17.4. The van der Waals surface area contributed by atoms with E-state index in [4.69, 9.17) is 27.9 Å². The van der Waals surface area contributed by atoms with Crippen molar-refractivity contribution in [3.8, 4) is 5.75 Å². The summed E-state index contributed by atoms with van der Waals surface area (Å²) < 4.78 is 45.5. The molecule has 2 aromatic carbocycles. The van der Waals surface area contributed by atoms with Gasteiger partial charge in [-0.1, -0.05) is 23.2 Å². The fourth-order valence-corrected chi connectivity index (χ4v) is 4.92. The quantitative estimate of drug-likeness (QED) is 0.619. The van der Waals surface area contributed by atoms with Crippen molar-refractivity contribution >= 4 is 44.8 Å². The Morgan fingerprint density at radius 1 is 1.12 bits per heavy atom. The van der Waals surface area contributed by atoms with Gasteiger partial charge < -0.3 is 9.64 Å². The minimum absolute atomic E-state index is 0.168. The first-order valence-corrected chi connectivity index (χ1v) is 13.0. The van der Waals surface area contributed by atoms with Gasteiger partial charge in [0, 0.05) is 28.3 Å². The van der Waals surface area contributed by atoms with Crippen molar-refractivity contribution in [3.63, 3.8) is 0 Å². The number of rotatable bonds is 6. The molecule has 0 radical (unpaired) electrons. The zero-order valence-corrected chi connectivity index (χ0v) is 19.7. The van der Waals surface area contributed by atoms with Crippen LogP contribution < -0.4 is 14.4 Å². The number of anilines is 1. The van der Waals surface area contributed by atoms with Crippen LogP contribution in [0.5, 0.6) is 5.75 Å². The molecule has 1 unspecified atom stereocenters. The van der Waals surface area contributed by atoms with Crippen LogP contribution in [0.15, 0.2) is 30.3 Å². The Morgan fingerprint density at radius 2 is 1.81 bits per heavy atom. The predicted molar refractivity (Wildman–Crippen MR) is 123 cm³/mol. The molecule has 1 N–H and O–H groups in total. The van der Waals surface area contributed by atoms with Gasteiger partial charge in [0.2, 0.25) is 10.0 Å². The third-order valence-electron chi connectivity index (χ3n) is 5.52. The number of hydrogen-bond acceptors (Lipinski definition) is 5. The Labute approximate surface area is 196 Å². The lowest BCUT2D eigenvalue weighted by atomic mass is 10.0. The summed E-state index contributed by atoms with van der Waals surface area (Å²) in [5.41, 5.74) is 1.33. The van der Waals surface area contributed by atoms with E-state index in [2.05, 4.69) is 4.90 Å². The van der Waals surface area contributed by atoms with Crippen molar-refractivity contribution < 1.29 is 22.3 Å². The lowest BCUT2D eigenvalue weighted by Crippen LogP contribution is -2.41. The molecule has 2 aliphatic rings. The molecule has 1 saturated carbocycles. The Balaban J connectivity index is 1.55. The maximum absolute atomic E-state index is 14.7. The number of benzene rings is 2. The second kappa shape index (κ2) is 9.08. The van der Waals surface area contributed by atoms with Crippen LogP contribution in [0.2, 0.25) is 10.0 Å². The number of carbonyl (C=O) groups is 1. The SMILES string of the molecule is CS(=O)(=O)NC(=O)c1cc(C2CC2)c(OC2CCCN(c3cc(Cl)cc(Cl)c3)C2)cc1F. The molecule has 1 aliphatic heterocycles. The van der Waals surface area contributed by atoms with Crippen molar-refractivity contribution in [3.05, 3.63) is 57.3 Å². The first-order valence-electron chi connectivity index (χ1n) is 10.3. The highest BCUT2D eigenvalue weighted by Gasteiger charge is 2.31. The van der Waals surface area contributed by atoms with Gasteiger partial charge in [-0.05, 0) is 61.4 Å². The first kappa shape index (κ1) is 23.1. The molecular weight excluding hydrogens is 478 g/mol. The summed E-state index contributed by atoms with van der Waals surface area (Å²) in [5.74, 6) is -1.24. The van der Waals surface area contributed by atoms with Gasteiger partial charge in [-0.2, -0.15) is 0 Å². The molecule has 4 rings (SSSR count). The van der Waals surface area contributed by atoms with Crippen molar-refractivity contribution in [2.75, 3.05) is 24.2 Å². The van der Waals surface area contributed by atoms with Crippen LogP contribution in [0.1, 0.15) is 47.5 Å². The zero-order chi connectivity index (χ0) is 23.0. The highest BCUT2D eigenvalue weighted by atomic mass is 35.5. The lowest BCUT2D eigenvalue weighted by molar-refractivity contribution is 0.0977. The Kier molecular flexibility index (Phi) is 6.56. The van der Waals surface area contributed by atoms with E-state index in [1.165, 1.54) is 12.1 Å². The molecule has 0 bridgehead atoms. The average molecular weight is 501 g/mol. The number of hydrogen-bond donors (Lipinski definition) is 1. The maximum Gasteiger partial charge on any atom is 0.267 e. The Hall–Kier alpha value is -2.03. The number of sulfonamides is 1. The van der Waals surface area contributed by atoms with E-state index in [-0.39, 0.29) is 17.6 Å². The van der Waals surface area contributed by atoms with Gasteiger partial charge in [0.05, 0.1) is 18.4 Å². The molecule has 32 heavy (non-hydrogen) atoms. The lowest BCUT2D eigenvalue weighted by Gasteiger charge is -2.35. The van der Waals surface area contributed by atoms with Gasteiger partial charge >= 0.3 is 0 Å². The molecular formula is C22H23Cl2FN2O4S. The Morgan fingerprint density at radius 3 is 2.44 bits per heavy atom. The molecule has 1 aliphatic carbocycles. The average Bonchev–Trinajstić information content (AvgIpc) is 3.51. The number of amides is 1. The second-order valence-electron chi connectivity index (χ2n) is 8.30.